The predicted octanol–water partition coefficient (Wildman–Crippen LogP) is 4.06. The summed E-state index contributed by atoms with van der Waals surface area (Å²) in [5.74, 6) is 2.18. The van der Waals surface area contributed by atoms with E-state index >= 15 is 0 Å². The molecule has 2 fully saturated rings. The van der Waals surface area contributed by atoms with Gasteiger partial charge in [0.25, 0.3) is 0 Å². The Morgan fingerprint density at radius 1 is 0.968 bits per heavy atom. The Morgan fingerprint density at radius 2 is 1.71 bits per heavy atom. The van der Waals surface area contributed by atoms with Crippen LogP contribution in [-0.4, -0.2) is 52.3 Å². The first kappa shape index (κ1) is 19.9. The Labute approximate surface area is 182 Å². The van der Waals surface area contributed by atoms with Gasteiger partial charge in [-0.3, -0.25) is 0 Å². The average Bonchev–Trinajstić information content (AvgIpc) is 3.33. The molecule has 3 aromatic rings. The average molecular weight is 418 g/mol. The Bertz CT molecular complexity index is 1090. The maximum Gasteiger partial charge on any atom is 0.219 e. The van der Waals surface area contributed by atoms with Crippen molar-refractivity contribution in [3.8, 4) is 5.88 Å². The summed E-state index contributed by atoms with van der Waals surface area (Å²) in [4.78, 5) is 21.2. The number of hydrogen-bond donors (Lipinski definition) is 0. The number of ether oxygens (including phenoxy) is 2. The number of rotatable bonds is 5. The summed E-state index contributed by atoms with van der Waals surface area (Å²) in [7, 11) is 0. The van der Waals surface area contributed by atoms with Crippen molar-refractivity contribution in [3.63, 3.8) is 0 Å². The van der Waals surface area contributed by atoms with Crippen molar-refractivity contribution in [2.45, 2.75) is 38.7 Å². The van der Waals surface area contributed by atoms with Crippen LogP contribution in [-0.2, 0) is 4.74 Å². The lowest BCUT2D eigenvalue weighted by Gasteiger charge is -2.24. The first-order valence-electron chi connectivity index (χ1n) is 11.0. The van der Waals surface area contributed by atoms with E-state index < -0.39 is 0 Å². The summed E-state index contributed by atoms with van der Waals surface area (Å²) in [6, 6.07) is 9.88. The second-order valence-corrected chi connectivity index (χ2v) is 8.06. The molecule has 0 bridgehead atoms. The van der Waals surface area contributed by atoms with Crippen LogP contribution in [0.15, 0.2) is 30.3 Å². The summed E-state index contributed by atoms with van der Waals surface area (Å²) >= 11 is 0. The summed E-state index contributed by atoms with van der Waals surface area (Å²) in [5.41, 5.74) is 3.48. The molecule has 160 valence electrons. The maximum atomic E-state index is 6.21. The number of anilines is 1. The molecule has 31 heavy (non-hydrogen) atoms. The third kappa shape index (κ3) is 4.66. The minimum Gasteiger partial charge on any atom is -0.474 e. The van der Waals surface area contributed by atoms with Gasteiger partial charge in [-0.05, 0) is 44.1 Å². The summed E-state index contributed by atoms with van der Waals surface area (Å²) in [5, 5.41) is 0. The van der Waals surface area contributed by atoms with Gasteiger partial charge in [0.05, 0.1) is 35.6 Å². The first-order valence-corrected chi connectivity index (χ1v) is 11.0. The molecule has 1 aromatic carbocycles. The fourth-order valence-electron chi connectivity index (χ4n) is 4.05. The molecular weight excluding hydrogens is 390 g/mol. The lowest BCUT2D eigenvalue weighted by atomic mass is 10.1. The lowest BCUT2D eigenvalue weighted by molar-refractivity contribution is 0.0237. The molecule has 2 saturated heterocycles. The molecule has 7 nitrogen and oxygen atoms in total. The molecule has 7 heteroatoms. The van der Waals surface area contributed by atoms with Crippen molar-refractivity contribution in [2.24, 2.45) is 0 Å². The Balaban J connectivity index is 1.44. The van der Waals surface area contributed by atoms with Gasteiger partial charge in [0, 0.05) is 32.0 Å². The van der Waals surface area contributed by atoms with Crippen LogP contribution in [0.4, 0.5) is 5.82 Å². The zero-order valence-corrected chi connectivity index (χ0v) is 17.8. The molecule has 0 spiro atoms. The van der Waals surface area contributed by atoms with Crippen LogP contribution < -0.4 is 9.64 Å². The van der Waals surface area contributed by atoms with Crippen molar-refractivity contribution in [3.05, 3.63) is 47.5 Å². The number of hydrogen-bond acceptors (Lipinski definition) is 7. The fourth-order valence-corrected chi connectivity index (χ4v) is 4.05. The molecular formula is C24H27N5O2. The molecule has 0 N–H and O–H groups in total. The van der Waals surface area contributed by atoms with E-state index in [0.717, 1.165) is 67.4 Å². The number of para-hydroxylation sites is 2. The van der Waals surface area contributed by atoms with Gasteiger partial charge >= 0.3 is 0 Å². The number of aryl methyl sites for hydroxylation is 1. The third-order valence-electron chi connectivity index (χ3n) is 5.76. The molecule has 0 saturated carbocycles. The van der Waals surface area contributed by atoms with Crippen LogP contribution in [0.2, 0.25) is 0 Å². The van der Waals surface area contributed by atoms with Gasteiger partial charge in [-0.1, -0.05) is 12.1 Å². The molecule has 0 amide bonds. The predicted molar refractivity (Wildman–Crippen MR) is 121 cm³/mol. The van der Waals surface area contributed by atoms with Crippen LogP contribution >= 0.6 is 0 Å². The van der Waals surface area contributed by atoms with E-state index in [0.29, 0.717) is 11.7 Å². The van der Waals surface area contributed by atoms with Crippen LogP contribution in [0, 0.1) is 6.92 Å². The summed E-state index contributed by atoms with van der Waals surface area (Å²) in [6.07, 6.45) is 8.15. The highest BCUT2D eigenvalue weighted by atomic mass is 16.5. The number of aromatic nitrogens is 4. The largest absolute Gasteiger partial charge is 0.474 e. The van der Waals surface area contributed by atoms with Gasteiger partial charge in [0.15, 0.2) is 5.82 Å². The molecule has 4 heterocycles. The second-order valence-electron chi connectivity index (χ2n) is 8.06. The normalized spacial score (nSPS) is 17.6. The topological polar surface area (TPSA) is 73.3 Å². The van der Waals surface area contributed by atoms with Crippen molar-refractivity contribution in [1.82, 2.24) is 19.9 Å². The van der Waals surface area contributed by atoms with E-state index in [1.807, 2.05) is 49.4 Å². The summed E-state index contributed by atoms with van der Waals surface area (Å²) in [6.45, 7) is 5.49. The van der Waals surface area contributed by atoms with E-state index in [-0.39, 0.29) is 6.10 Å². The molecule has 0 aliphatic carbocycles. The Morgan fingerprint density at radius 3 is 2.48 bits per heavy atom. The molecule has 2 aliphatic heterocycles. The minimum atomic E-state index is 0.139. The van der Waals surface area contributed by atoms with Crippen LogP contribution in [0.3, 0.4) is 0 Å². The fraction of sp³-hybridized carbons (Fsp3) is 0.417. The van der Waals surface area contributed by atoms with Gasteiger partial charge in [-0.2, -0.15) is 4.98 Å². The van der Waals surface area contributed by atoms with E-state index in [4.69, 9.17) is 19.4 Å². The smallest absolute Gasteiger partial charge is 0.219 e. The molecule has 0 unspecified atom stereocenters. The molecule has 0 atom stereocenters. The van der Waals surface area contributed by atoms with Gasteiger partial charge in [0.1, 0.15) is 11.9 Å². The maximum absolute atomic E-state index is 6.21. The first-order chi connectivity index (χ1) is 15.2. The molecule has 5 rings (SSSR count). The van der Waals surface area contributed by atoms with Crippen molar-refractivity contribution in [2.75, 3.05) is 31.2 Å². The molecule has 0 radical (unpaired) electrons. The second kappa shape index (κ2) is 8.98. The zero-order valence-electron chi connectivity index (χ0n) is 17.8. The third-order valence-corrected chi connectivity index (χ3v) is 5.76. The van der Waals surface area contributed by atoms with E-state index in [9.17, 15) is 0 Å². The molecule has 2 aliphatic rings. The monoisotopic (exact) mass is 417 g/mol. The minimum absolute atomic E-state index is 0.139. The van der Waals surface area contributed by atoms with Crippen molar-refractivity contribution >= 4 is 29.0 Å². The van der Waals surface area contributed by atoms with Gasteiger partial charge in [-0.15, -0.1) is 0 Å². The van der Waals surface area contributed by atoms with Crippen LogP contribution in [0.5, 0.6) is 5.88 Å². The Kier molecular flexibility index (Phi) is 5.76. The van der Waals surface area contributed by atoms with Gasteiger partial charge < -0.3 is 14.4 Å². The van der Waals surface area contributed by atoms with E-state index in [2.05, 4.69) is 14.9 Å². The highest BCUT2D eigenvalue weighted by molar-refractivity contribution is 5.77. The van der Waals surface area contributed by atoms with Crippen molar-refractivity contribution in [1.29, 1.82) is 0 Å². The van der Waals surface area contributed by atoms with Gasteiger partial charge in [-0.25, -0.2) is 15.0 Å². The van der Waals surface area contributed by atoms with Crippen LogP contribution in [0.1, 0.15) is 42.9 Å². The lowest BCUT2D eigenvalue weighted by Crippen LogP contribution is -2.26. The number of benzene rings is 1. The van der Waals surface area contributed by atoms with E-state index in [1.165, 1.54) is 12.8 Å². The number of nitrogens with zero attached hydrogens (tertiary/aromatic N) is 5. The Hall–Kier alpha value is -3.06. The molecule has 2 aromatic heterocycles. The SMILES string of the molecule is Cc1nc2ccccc2nc1/C=C/c1nc(OC2CCOCC2)cc(N2CCCC2)n1. The van der Waals surface area contributed by atoms with Gasteiger partial charge in [0.2, 0.25) is 5.88 Å². The number of fused-ring (bicyclic) bond motifs is 1. The highest BCUT2D eigenvalue weighted by Crippen LogP contribution is 2.25. The van der Waals surface area contributed by atoms with Crippen LogP contribution in [0.25, 0.3) is 23.2 Å². The summed E-state index contributed by atoms with van der Waals surface area (Å²) < 4.78 is 11.7. The highest BCUT2D eigenvalue weighted by Gasteiger charge is 2.19. The van der Waals surface area contributed by atoms with E-state index in [1.54, 1.807) is 0 Å². The quantitative estimate of drug-likeness (QED) is 0.620. The van der Waals surface area contributed by atoms with Crippen molar-refractivity contribution < 1.29 is 9.47 Å². The standard InChI is InChI=1S/C24H27N5O2/c1-17-19(26-21-7-3-2-6-20(21)25-17)8-9-22-27-23(29-12-4-5-13-29)16-24(28-22)31-18-10-14-30-15-11-18/h2-3,6-9,16,18H,4-5,10-15H2,1H3/b9-8+. The zero-order chi connectivity index (χ0) is 21.0.